The normalized spacial score (nSPS) is 15.2. The minimum atomic E-state index is 0.174. The molecule has 96 valence electrons. The lowest BCUT2D eigenvalue weighted by molar-refractivity contribution is 0.0991. The van der Waals surface area contributed by atoms with E-state index in [1.54, 1.807) is 5.57 Å². The Morgan fingerprint density at radius 1 is 1.17 bits per heavy atom. The largest absolute Gasteiger partial charge is 0.309 e. The first-order valence-corrected chi connectivity index (χ1v) is 6.83. The Hall–Kier alpha value is -1.41. The number of rotatable bonds is 6. The van der Waals surface area contributed by atoms with Crippen LogP contribution >= 0.6 is 0 Å². The van der Waals surface area contributed by atoms with Gasteiger partial charge in [-0.2, -0.15) is 0 Å². The highest BCUT2D eigenvalue weighted by atomic mass is 16.1. The first kappa shape index (κ1) is 13.0. The average molecular weight is 243 g/mol. The molecule has 0 heterocycles. The van der Waals surface area contributed by atoms with E-state index in [9.17, 15) is 4.79 Å². The van der Waals surface area contributed by atoms with Crippen molar-refractivity contribution in [3.05, 3.63) is 47.5 Å². The van der Waals surface area contributed by atoms with E-state index in [1.165, 1.54) is 25.7 Å². The van der Waals surface area contributed by atoms with Gasteiger partial charge in [0, 0.05) is 5.56 Å². The number of Topliss-reactive ketones (excluding diaryl/α,β-unsaturated/α-hetero) is 1. The van der Waals surface area contributed by atoms with Crippen molar-refractivity contribution in [1.29, 1.82) is 0 Å². The molecule has 0 saturated heterocycles. The van der Waals surface area contributed by atoms with Gasteiger partial charge >= 0.3 is 0 Å². The quantitative estimate of drug-likeness (QED) is 0.471. The first-order chi connectivity index (χ1) is 8.86. The molecule has 1 aromatic carbocycles. The molecule has 0 saturated carbocycles. The minimum absolute atomic E-state index is 0.174. The maximum Gasteiger partial charge on any atom is 0.176 e. The Bertz CT molecular complexity index is 408. The maximum atomic E-state index is 11.8. The molecule has 0 aromatic heterocycles. The van der Waals surface area contributed by atoms with Crippen LogP contribution in [0.2, 0.25) is 0 Å². The highest BCUT2D eigenvalue weighted by molar-refractivity contribution is 5.97. The lowest BCUT2D eigenvalue weighted by atomic mass is 9.97. The van der Waals surface area contributed by atoms with Crippen molar-refractivity contribution >= 4 is 5.78 Å². The van der Waals surface area contributed by atoms with Crippen LogP contribution in [-0.2, 0) is 0 Å². The van der Waals surface area contributed by atoms with Crippen LogP contribution in [0.15, 0.2) is 42.0 Å². The van der Waals surface area contributed by atoms with Gasteiger partial charge in [-0.3, -0.25) is 4.79 Å². The zero-order valence-corrected chi connectivity index (χ0v) is 10.8. The number of benzene rings is 1. The van der Waals surface area contributed by atoms with Crippen LogP contribution in [0.25, 0.3) is 0 Å². The molecule has 0 bridgehead atoms. The lowest BCUT2D eigenvalue weighted by Crippen LogP contribution is -2.24. The monoisotopic (exact) mass is 243 g/mol. The number of hydrogen-bond donors (Lipinski definition) is 1. The fraction of sp³-hybridized carbons (Fsp3) is 0.438. The molecule has 1 aliphatic carbocycles. The van der Waals surface area contributed by atoms with Crippen LogP contribution in [-0.4, -0.2) is 18.9 Å². The van der Waals surface area contributed by atoms with Crippen molar-refractivity contribution in [1.82, 2.24) is 5.32 Å². The van der Waals surface area contributed by atoms with Crippen molar-refractivity contribution in [2.75, 3.05) is 13.1 Å². The van der Waals surface area contributed by atoms with Crippen LogP contribution < -0.4 is 5.32 Å². The van der Waals surface area contributed by atoms with Crippen LogP contribution in [0.5, 0.6) is 0 Å². The summed E-state index contributed by atoms with van der Waals surface area (Å²) in [5.41, 5.74) is 2.35. The Morgan fingerprint density at radius 3 is 2.72 bits per heavy atom. The SMILES string of the molecule is O=C(CNCCC1=CCCCC1)c1ccccc1. The highest BCUT2D eigenvalue weighted by Crippen LogP contribution is 2.19. The lowest BCUT2D eigenvalue weighted by Gasteiger charge is -2.12. The van der Waals surface area contributed by atoms with Gasteiger partial charge in [0.15, 0.2) is 5.78 Å². The standard InChI is InChI=1S/C16H21NO/c18-16(15-9-5-2-6-10-15)13-17-12-11-14-7-3-1-4-8-14/h2,5-7,9-10,17H,1,3-4,8,11-13H2. The summed E-state index contributed by atoms with van der Waals surface area (Å²) < 4.78 is 0. The molecule has 0 unspecified atom stereocenters. The molecule has 0 aliphatic heterocycles. The molecule has 1 N–H and O–H groups in total. The summed E-state index contributed by atoms with van der Waals surface area (Å²) >= 11 is 0. The molecule has 0 spiro atoms. The van der Waals surface area contributed by atoms with Gasteiger partial charge in [0.05, 0.1) is 6.54 Å². The number of carbonyl (C=O) groups excluding carboxylic acids is 1. The number of hydrogen-bond acceptors (Lipinski definition) is 2. The highest BCUT2D eigenvalue weighted by Gasteiger charge is 2.05. The second-order valence-corrected chi connectivity index (χ2v) is 4.82. The third-order valence-electron chi connectivity index (χ3n) is 3.39. The van der Waals surface area contributed by atoms with Crippen molar-refractivity contribution < 1.29 is 4.79 Å². The number of ketones is 1. The zero-order chi connectivity index (χ0) is 12.6. The van der Waals surface area contributed by atoms with Crippen molar-refractivity contribution in [3.8, 4) is 0 Å². The average Bonchev–Trinajstić information content (AvgIpc) is 2.45. The third-order valence-corrected chi connectivity index (χ3v) is 3.39. The van der Waals surface area contributed by atoms with E-state index >= 15 is 0 Å². The van der Waals surface area contributed by atoms with Gasteiger partial charge in [0.1, 0.15) is 0 Å². The van der Waals surface area contributed by atoms with Crippen molar-refractivity contribution in [2.45, 2.75) is 32.1 Å². The summed E-state index contributed by atoms with van der Waals surface area (Å²) in [6.45, 7) is 1.35. The van der Waals surface area contributed by atoms with Crippen LogP contribution in [0.3, 0.4) is 0 Å². The van der Waals surface area contributed by atoms with E-state index in [4.69, 9.17) is 0 Å². The molecular formula is C16H21NO. The molecule has 2 nitrogen and oxygen atoms in total. The van der Waals surface area contributed by atoms with Crippen LogP contribution in [0.1, 0.15) is 42.5 Å². The Labute approximate surface area is 109 Å². The smallest absolute Gasteiger partial charge is 0.176 e. The second kappa shape index (κ2) is 7.12. The van der Waals surface area contributed by atoms with Gasteiger partial charge in [-0.15, -0.1) is 0 Å². The van der Waals surface area contributed by atoms with E-state index < -0.39 is 0 Å². The molecule has 1 aromatic rings. The molecule has 0 fully saturated rings. The molecule has 1 aliphatic rings. The fourth-order valence-corrected chi connectivity index (χ4v) is 2.31. The van der Waals surface area contributed by atoms with E-state index in [-0.39, 0.29) is 5.78 Å². The summed E-state index contributed by atoms with van der Waals surface area (Å²) in [6.07, 6.45) is 8.59. The summed E-state index contributed by atoms with van der Waals surface area (Å²) in [4.78, 5) is 11.8. The predicted molar refractivity (Wildman–Crippen MR) is 74.8 cm³/mol. The molecule has 0 atom stereocenters. The molecule has 2 rings (SSSR count). The van der Waals surface area contributed by atoms with E-state index in [0.29, 0.717) is 6.54 Å². The van der Waals surface area contributed by atoms with Gasteiger partial charge in [-0.25, -0.2) is 0 Å². The van der Waals surface area contributed by atoms with Gasteiger partial charge in [-0.1, -0.05) is 42.0 Å². The molecule has 0 amide bonds. The summed E-state index contributed by atoms with van der Waals surface area (Å²) in [7, 11) is 0. The van der Waals surface area contributed by atoms with Gasteiger partial charge in [0.2, 0.25) is 0 Å². The van der Waals surface area contributed by atoms with E-state index in [2.05, 4.69) is 11.4 Å². The second-order valence-electron chi connectivity index (χ2n) is 4.82. The minimum Gasteiger partial charge on any atom is -0.309 e. The van der Waals surface area contributed by atoms with Gasteiger partial charge in [0.25, 0.3) is 0 Å². The molecule has 2 heteroatoms. The van der Waals surface area contributed by atoms with Gasteiger partial charge in [-0.05, 0) is 38.6 Å². The molecular weight excluding hydrogens is 222 g/mol. The third kappa shape index (κ3) is 4.11. The topological polar surface area (TPSA) is 29.1 Å². The molecule has 0 radical (unpaired) electrons. The molecule has 18 heavy (non-hydrogen) atoms. The zero-order valence-electron chi connectivity index (χ0n) is 10.8. The summed E-state index contributed by atoms with van der Waals surface area (Å²) in [6, 6.07) is 9.47. The Kier molecular flexibility index (Phi) is 5.15. The van der Waals surface area contributed by atoms with Crippen LogP contribution in [0, 0.1) is 0 Å². The number of carbonyl (C=O) groups is 1. The summed E-state index contributed by atoms with van der Waals surface area (Å²) in [5, 5.41) is 3.24. The number of nitrogens with one attached hydrogen (secondary N) is 1. The maximum absolute atomic E-state index is 11.8. The van der Waals surface area contributed by atoms with Crippen LogP contribution in [0.4, 0.5) is 0 Å². The van der Waals surface area contributed by atoms with E-state index in [0.717, 1.165) is 18.5 Å². The van der Waals surface area contributed by atoms with Gasteiger partial charge < -0.3 is 5.32 Å². The Balaban J connectivity index is 1.66. The summed E-state index contributed by atoms with van der Waals surface area (Å²) in [5.74, 6) is 0.174. The number of allylic oxidation sites excluding steroid dienone is 1. The fourth-order valence-electron chi connectivity index (χ4n) is 2.31. The van der Waals surface area contributed by atoms with Crippen molar-refractivity contribution in [3.63, 3.8) is 0 Å². The first-order valence-electron chi connectivity index (χ1n) is 6.83. The van der Waals surface area contributed by atoms with E-state index in [1.807, 2.05) is 30.3 Å². The predicted octanol–water partition coefficient (Wildman–Crippen LogP) is 3.35. The Morgan fingerprint density at radius 2 is 2.00 bits per heavy atom. The van der Waals surface area contributed by atoms with Crippen molar-refractivity contribution in [2.24, 2.45) is 0 Å².